The number of aromatic nitrogens is 1. The molecule has 0 atom stereocenters. The summed E-state index contributed by atoms with van der Waals surface area (Å²) in [4.78, 5) is 28.4. The van der Waals surface area contributed by atoms with Crippen LogP contribution in [0.4, 0.5) is 0 Å². The Bertz CT molecular complexity index is 1280. The normalized spacial score (nSPS) is 11.0. The smallest absolute Gasteiger partial charge is 0.344 e. The van der Waals surface area contributed by atoms with Crippen molar-refractivity contribution in [1.29, 1.82) is 0 Å². The van der Waals surface area contributed by atoms with Gasteiger partial charge in [0.05, 0.1) is 31.9 Å². The molecule has 0 amide bonds. The third-order valence-electron chi connectivity index (χ3n) is 4.70. The maximum Gasteiger partial charge on any atom is 0.344 e. The molecule has 0 unspecified atom stereocenters. The van der Waals surface area contributed by atoms with E-state index in [1.807, 2.05) is 18.2 Å². The lowest BCUT2D eigenvalue weighted by molar-refractivity contribution is 0.0525. The summed E-state index contributed by atoms with van der Waals surface area (Å²) in [6, 6.07) is 12.5. The molecule has 29 heavy (non-hydrogen) atoms. The van der Waals surface area contributed by atoms with Crippen molar-refractivity contribution in [1.82, 2.24) is 4.98 Å². The molecule has 0 fully saturated rings. The number of furan rings is 1. The molecule has 148 valence electrons. The lowest BCUT2D eigenvalue weighted by Crippen LogP contribution is -2.21. The number of carbonyl (C=O) groups excluding carboxylic acids is 1. The molecule has 0 spiro atoms. The molecule has 2 aromatic carbocycles. The predicted molar refractivity (Wildman–Crippen MR) is 109 cm³/mol. The fourth-order valence-corrected chi connectivity index (χ4v) is 3.41. The number of para-hydroxylation sites is 1. The molecule has 0 bridgehead atoms. The van der Waals surface area contributed by atoms with E-state index in [0.29, 0.717) is 39.3 Å². The Kier molecular flexibility index (Phi) is 4.72. The molecule has 0 radical (unpaired) electrons. The second-order valence-electron chi connectivity index (χ2n) is 6.29. The molecule has 2 heterocycles. The van der Waals surface area contributed by atoms with Crippen molar-refractivity contribution < 1.29 is 23.4 Å². The summed E-state index contributed by atoms with van der Waals surface area (Å²) in [5.41, 5.74) is 1.61. The molecule has 7 heteroatoms. The maximum atomic E-state index is 12.9. The SMILES string of the molecule is CCOC(=O)c1c(-c2ccc(OC)cc2OC)c2oc3ccccc3c2[nH]c1=O. The second kappa shape index (κ2) is 7.35. The van der Waals surface area contributed by atoms with Crippen molar-refractivity contribution in [3.63, 3.8) is 0 Å². The highest BCUT2D eigenvalue weighted by Gasteiger charge is 2.27. The van der Waals surface area contributed by atoms with E-state index >= 15 is 0 Å². The Balaban J connectivity index is 2.16. The minimum atomic E-state index is -0.732. The van der Waals surface area contributed by atoms with Crippen LogP contribution in [0.2, 0.25) is 0 Å². The number of hydrogen-bond donors (Lipinski definition) is 1. The van der Waals surface area contributed by atoms with E-state index in [0.717, 1.165) is 5.39 Å². The zero-order valence-corrected chi connectivity index (χ0v) is 16.2. The zero-order chi connectivity index (χ0) is 20.5. The van der Waals surface area contributed by atoms with E-state index < -0.39 is 11.5 Å². The first-order valence-corrected chi connectivity index (χ1v) is 9.06. The minimum Gasteiger partial charge on any atom is -0.497 e. The van der Waals surface area contributed by atoms with E-state index in [2.05, 4.69) is 4.98 Å². The Hall–Kier alpha value is -3.74. The number of nitrogens with one attached hydrogen (secondary N) is 1. The lowest BCUT2D eigenvalue weighted by Gasteiger charge is -2.13. The highest BCUT2D eigenvalue weighted by atomic mass is 16.5. The van der Waals surface area contributed by atoms with Crippen LogP contribution in [-0.2, 0) is 4.74 Å². The number of esters is 1. The second-order valence-corrected chi connectivity index (χ2v) is 6.29. The number of H-pyrrole nitrogens is 1. The van der Waals surface area contributed by atoms with Crippen molar-refractivity contribution in [2.45, 2.75) is 6.92 Å². The standard InChI is InChI=1S/C22H19NO6/c1-4-28-22(25)18-17(13-10-9-12(26-2)11-16(13)27-3)20-19(23-21(18)24)14-7-5-6-8-15(14)29-20/h5-11H,4H2,1-3H3,(H,23,24). The summed E-state index contributed by atoms with van der Waals surface area (Å²) in [6.07, 6.45) is 0. The molecular formula is C22H19NO6. The van der Waals surface area contributed by atoms with Crippen molar-refractivity contribution >= 4 is 28.0 Å². The van der Waals surface area contributed by atoms with Gasteiger partial charge in [-0.05, 0) is 31.2 Å². The van der Waals surface area contributed by atoms with Gasteiger partial charge in [0.1, 0.15) is 22.6 Å². The van der Waals surface area contributed by atoms with Gasteiger partial charge in [-0.25, -0.2) is 4.79 Å². The summed E-state index contributed by atoms with van der Waals surface area (Å²) in [7, 11) is 3.05. The molecule has 2 aromatic heterocycles. The fraction of sp³-hybridized carbons (Fsp3) is 0.182. The predicted octanol–water partition coefficient (Wildman–Crippen LogP) is 4.14. The molecule has 1 N–H and O–H groups in total. The van der Waals surface area contributed by atoms with Crippen LogP contribution in [0, 0.1) is 0 Å². The van der Waals surface area contributed by atoms with Crippen LogP contribution in [0.15, 0.2) is 51.7 Å². The van der Waals surface area contributed by atoms with Crippen molar-refractivity contribution in [2.75, 3.05) is 20.8 Å². The van der Waals surface area contributed by atoms with Gasteiger partial charge in [0.25, 0.3) is 5.56 Å². The Morgan fingerprint density at radius 3 is 2.62 bits per heavy atom. The third-order valence-corrected chi connectivity index (χ3v) is 4.70. The van der Waals surface area contributed by atoms with Gasteiger partial charge in [0.2, 0.25) is 0 Å². The fourth-order valence-electron chi connectivity index (χ4n) is 3.41. The molecule has 0 aliphatic rings. The minimum absolute atomic E-state index is 0.135. The molecule has 0 saturated heterocycles. The first-order chi connectivity index (χ1) is 14.1. The number of ether oxygens (including phenoxy) is 3. The van der Waals surface area contributed by atoms with Crippen molar-refractivity contribution in [3.8, 4) is 22.6 Å². The quantitative estimate of drug-likeness (QED) is 0.513. The molecule has 4 aromatic rings. The van der Waals surface area contributed by atoms with Gasteiger partial charge in [-0.15, -0.1) is 0 Å². The van der Waals surface area contributed by atoms with Crippen LogP contribution in [0.3, 0.4) is 0 Å². The summed E-state index contributed by atoms with van der Waals surface area (Å²) in [5, 5.41) is 0.740. The number of carbonyl (C=O) groups is 1. The Morgan fingerprint density at radius 1 is 1.10 bits per heavy atom. The summed E-state index contributed by atoms with van der Waals surface area (Å²) < 4.78 is 22.0. The number of pyridine rings is 1. The third kappa shape index (κ3) is 3.00. The number of benzene rings is 2. The van der Waals surface area contributed by atoms with Gasteiger partial charge in [-0.3, -0.25) is 4.79 Å². The molecular weight excluding hydrogens is 374 g/mol. The van der Waals surface area contributed by atoms with E-state index in [1.165, 1.54) is 7.11 Å². The molecule has 7 nitrogen and oxygen atoms in total. The molecule has 0 saturated carbocycles. The zero-order valence-electron chi connectivity index (χ0n) is 16.2. The van der Waals surface area contributed by atoms with E-state index in [9.17, 15) is 9.59 Å². The topological polar surface area (TPSA) is 90.8 Å². The lowest BCUT2D eigenvalue weighted by atomic mass is 9.98. The average Bonchev–Trinajstić information content (AvgIpc) is 3.10. The largest absolute Gasteiger partial charge is 0.497 e. The van der Waals surface area contributed by atoms with Crippen LogP contribution in [-0.4, -0.2) is 31.8 Å². The molecule has 0 aliphatic carbocycles. The van der Waals surface area contributed by atoms with Gasteiger partial charge in [-0.2, -0.15) is 0 Å². The highest BCUT2D eigenvalue weighted by Crippen LogP contribution is 2.40. The van der Waals surface area contributed by atoms with Crippen LogP contribution in [0.1, 0.15) is 17.3 Å². The summed E-state index contributed by atoms with van der Waals surface area (Å²) in [5.74, 6) is 0.278. The summed E-state index contributed by atoms with van der Waals surface area (Å²) >= 11 is 0. The first-order valence-electron chi connectivity index (χ1n) is 9.06. The van der Waals surface area contributed by atoms with Crippen LogP contribution in [0.25, 0.3) is 33.2 Å². The number of methoxy groups -OCH3 is 2. The number of aromatic amines is 1. The first kappa shape index (κ1) is 18.6. The van der Waals surface area contributed by atoms with Gasteiger partial charge in [0, 0.05) is 17.0 Å². The maximum absolute atomic E-state index is 12.9. The van der Waals surface area contributed by atoms with E-state index in [1.54, 1.807) is 38.3 Å². The highest BCUT2D eigenvalue weighted by molar-refractivity contribution is 6.12. The van der Waals surface area contributed by atoms with Gasteiger partial charge >= 0.3 is 5.97 Å². The molecule has 0 aliphatic heterocycles. The van der Waals surface area contributed by atoms with Crippen LogP contribution in [0.5, 0.6) is 11.5 Å². The number of fused-ring (bicyclic) bond motifs is 3. The van der Waals surface area contributed by atoms with Gasteiger partial charge in [-0.1, -0.05) is 12.1 Å². The number of rotatable bonds is 5. The van der Waals surface area contributed by atoms with Crippen molar-refractivity contribution in [2.24, 2.45) is 0 Å². The van der Waals surface area contributed by atoms with Gasteiger partial charge in [0.15, 0.2) is 5.58 Å². The molecule has 4 rings (SSSR count). The Morgan fingerprint density at radius 2 is 1.90 bits per heavy atom. The average molecular weight is 393 g/mol. The number of hydrogen-bond acceptors (Lipinski definition) is 6. The Labute approximate surface area is 165 Å². The van der Waals surface area contributed by atoms with E-state index in [4.69, 9.17) is 18.6 Å². The van der Waals surface area contributed by atoms with Crippen LogP contribution >= 0.6 is 0 Å². The van der Waals surface area contributed by atoms with Crippen molar-refractivity contribution in [3.05, 3.63) is 58.4 Å². The van der Waals surface area contributed by atoms with E-state index in [-0.39, 0.29) is 12.2 Å². The van der Waals surface area contributed by atoms with Gasteiger partial charge < -0.3 is 23.6 Å². The monoisotopic (exact) mass is 393 g/mol. The summed E-state index contributed by atoms with van der Waals surface area (Å²) in [6.45, 7) is 1.81. The van der Waals surface area contributed by atoms with Crippen LogP contribution < -0.4 is 15.0 Å².